The Hall–Kier alpha value is -3.20. The molecule has 5 rings (SSSR count). The van der Waals surface area contributed by atoms with Crippen LogP contribution < -0.4 is 4.90 Å². The summed E-state index contributed by atoms with van der Waals surface area (Å²) < 4.78 is 41.0. The molecule has 4 aromatic rings. The Labute approximate surface area is 176 Å². The number of aliphatic hydroxyl groups is 1. The molecular weight excluding hydrogens is 407 g/mol. The van der Waals surface area contributed by atoms with Crippen molar-refractivity contribution < 1.29 is 18.3 Å². The molecule has 6 nitrogen and oxygen atoms in total. The third-order valence-electron chi connectivity index (χ3n) is 5.79. The van der Waals surface area contributed by atoms with E-state index in [2.05, 4.69) is 15.1 Å². The van der Waals surface area contributed by atoms with Gasteiger partial charge < -0.3 is 10.0 Å². The van der Waals surface area contributed by atoms with Gasteiger partial charge in [0.1, 0.15) is 11.6 Å². The summed E-state index contributed by atoms with van der Waals surface area (Å²) in [5, 5.41) is 19.1. The van der Waals surface area contributed by atoms with Crippen LogP contribution in [0.2, 0.25) is 0 Å². The number of fused-ring (bicyclic) bond motifs is 2. The second-order valence-electron chi connectivity index (χ2n) is 7.81. The van der Waals surface area contributed by atoms with Crippen LogP contribution >= 0.6 is 0 Å². The molecule has 0 bridgehead atoms. The highest BCUT2D eigenvalue weighted by atomic mass is 19.4. The summed E-state index contributed by atoms with van der Waals surface area (Å²) in [5.74, 6) is 1.11. The van der Waals surface area contributed by atoms with Crippen molar-refractivity contribution in [3.8, 4) is 0 Å². The Kier molecular flexibility index (Phi) is 4.77. The van der Waals surface area contributed by atoms with Gasteiger partial charge in [-0.25, -0.2) is 4.98 Å². The molecule has 0 spiro atoms. The molecule has 9 heteroatoms. The fourth-order valence-electron chi connectivity index (χ4n) is 4.27. The number of halogens is 3. The van der Waals surface area contributed by atoms with Crippen molar-refractivity contribution in [1.29, 1.82) is 0 Å². The van der Waals surface area contributed by atoms with Crippen LogP contribution in [-0.4, -0.2) is 37.8 Å². The number of piperidine rings is 1. The number of rotatable bonds is 3. The number of hydrogen-bond acceptors (Lipinski definition) is 5. The maximum Gasteiger partial charge on any atom is 0.417 e. The van der Waals surface area contributed by atoms with E-state index in [1.54, 1.807) is 0 Å². The average molecular weight is 427 g/mol. The summed E-state index contributed by atoms with van der Waals surface area (Å²) in [4.78, 5) is 6.85. The van der Waals surface area contributed by atoms with Crippen molar-refractivity contribution in [2.45, 2.75) is 31.5 Å². The lowest BCUT2D eigenvalue weighted by Gasteiger charge is -2.34. The minimum absolute atomic E-state index is 0.105. The van der Waals surface area contributed by atoms with E-state index >= 15 is 0 Å². The van der Waals surface area contributed by atoms with Gasteiger partial charge in [0, 0.05) is 36.2 Å². The van der Waals surface area contributed by atoms with E-state index < -0.39 is 11.7 Å². The summed E-state index contributed by atoms with van der Waals surface area (Å²) in [7, 11) is 0. The van der Waals surface area contributed by atoms with Crippen LogP contribution in [0.3, 0.4) is 0 Å². The molecule has 4 heterocycles. The number of aliphatic hydroxyl groups excluding tert-OH is 1. The SMILES string of the molecule is OCc1cc2ccccc2nc1N1CCCC(c2nnc3ccc(C(F)(F)F)cn23)C1. The van der Waals surface area contributed by atoms with E-state index in [-0.39, 0.29) is 12.5 Å². The van der Waals surface area contributed by atoms with Crippen LogP contribution in [0.25, 0.3) is 16.6 Å². The van der Waals surface area contributed by atoms with Crippen molar-refractivity contribution >= 4 is 22.4 Å². The second-order valence-corrected chi connectivity index (χ2v) is 7.81. The minimum atomic E-state index is -4.43. The molecule has 0 amide bonds. The summed E-state index contributed by atoms with van der Waals surface area (Å²) in [6.07, 6.45) is -1.75. The highest BCUT2D eigenvalue weighted by molar-refractivity contribution is 5.81. The molecule has 0 aliphatic carbocycles. The van der Waals surface area contributed by atoms with Gasteiger partial charge in [0.15, 0.2) is 5.65 Å². The number of aromatic nitrogens is 4. The van der Waals surface area contributed by atoms with E-state index in [1.165, 1.54) is 10.5 Å². The van der Waals surface area contributed by atoms with E-state index in [4.69, 9.17) is 4.98 Å². The van der Waals surface area contributed by atoms with Crippen LogP contribution in [0, 0.1) is 0 Å². The van der Waals surface area contributed by atoms with Gasteiger partial charge in [0.25, 0.3) is 0 Å². The number of nitrogens with zero attached hydrogens (tertiary/aromatic N) is 5. The zero-order chi connectivity index (χ0) is 21.6. The average Bonchev–Trinajstić information content (AvgIpc) is 3.21. The first-order chi connectivity index (χ1) is 14.9. The fraction of sp³-hybridized carbons (Fsp3) is 0.318. The number of anilines is 1. The molecule has 1 aromatic carbocycles. The number of para-hydroxylation sites is 1. The van der Waals surface area contributed by atoms with Crippen molar-refractivity contribution in [3.05, 3.63) is 65.6 Å². The quantitative estimate of drug-likeness (QED) is 0.532. The van der Waals surface area contributed by atoms with Crippen LogP contribution in [-0.2, 0) is 12.8 Å². The van der Waals surface area contributed by atoms with Crippen LogP contribution in [0.1, 0.15) is 35.7 Å². The largest absolute Gasteiger partial charge is 0.417 e. The van der Waals surface area contributed by atoms with E-state index in [0.29, 0.717) is 23.8 Å². The van der Waals surface area contributed by atoms with Gasteiger partial charge in [-0.1, -0.05) is 18.2 Å². The minimum Gasteiger partial charge on any atom is -0.392 e. The molecule has 1 saturated heterocycles. The predicted molar refractivity (Wildman–Crippen MR) is 110 cm³/mol. The van der Waals surface area contributed by atoms with Crippen molar-refractivity contribution in [2.75, 3.05) is 18.0 Å². The number of alkyl halides is 3. The first-order valence-electron chi connectivity index (χ1n) is 10.1. The molecule has 0 saturated carbocycles. The highest BCUT2D eigenvalue weighted by Crippen LogP contribution is 2.33. The number of hydrogen-bond donors (Lipinski definition) is 1. The highest BCUT2D eigenvalue weighted by Gasteiger charge is 2.32. The molecule has 1 aliphatic heterocycles. The molecule has 3 aromatic heterocycles. The van der Waals surface area contributed by atoms with E-state index in [0.717, 1.165) is 48.1 Å². The summed E-state index contributed by atoms with van der Waals surface area (Å²) in [6.45, 7) is 1.14. The maximum atomic E-state index is 13.2. The summed E-state index contributed by atoms with van der Waals surface area (Å²) >= 11 is 0. The molecule has 1 N–H and O–H groups in total. The van der Waals surface area contributed by atoms with E-state index in [9.17, 15) is 18.3 Å². The number of pyridine rings is 2. The number of benzene rings is 1. The summed E-state index contributed by atoms with van der Waals surface area (Å²) in [5.41, 5.74) is 1.22. The van der Waals surface area contributed by atoms with Gasteiger partial charge in [0.2, 0.25) is 0 Å². The third-order valence-corrected chi connectivity index (χ3v) is 5.79. The predicted octanol–water partition coefficient (Wildman–Crippen LogP) is 4.17. The van der Waals surface area contributed by atoms with Gasteiger partial charge in [0.05, 0.1) is 17.7 Å². The Morgan fingerprint density at radius 3 is 2.74 bits per heavy atom. The van der Waals surface area contributed by atoms with E-state index in [1.807, 2.05) is 30.3 Å². The van der Waals surface area contributed by atoms with Crippen molar-refractivity contribution in [2.24, 2.45) is 0 Å². The molecule has 0 radical (unpaired) electrons. The van der Waals surface area contributed by atoms with Crippen LogP contribution in [0.15, 0.2) is 48.7 Å². The Morgan fingerprint density at radius 2 is 1.94 bits per heavy atom. The van der Waals surface area contributed by atoms with Gasteiger partial charge in [-0.2, -0.15) is 13.2 Å². The van der Waals surface area contributed by atoms with Gasteiger partial charge >= 0.3 is 6.18 Å². The second kappa shape index (κ2) is 7.49. The summed E-state index contributed by atoms with van der Waals surface area (Å²) in [6, 6.07) is 12.0. The molecule has 31 heavy (non-hydrogen) atoms. The van der Waals surface area contributed by atoms with Gasteiger partial charge in [-0.05, 0) is 37.1 Å². The van der Waals surface area contributed by atoms with Crippen LogP contribution in [0.4, 0.5) is 19.0 Å². The topological polar surface area (TPSA) is 66.6 Å². The molecule has 1 unspecified atom stereocenters. The van der Waals surface area contributed by atoms with Crippen molar-refractivity contribution in [1.82, 2.24) is 19.6 Å². The maximum absolute atomic E-state index is 13.2. The standard InChI is InChI=1S/C22H20F3N5O/c23-22(24,25)17-7-8-19-27-28-21(30(19)12-17)15-5-3-9-29(11-15)20-16(13-31)10-14-4-1-2-6-18(14)26-20/h1-2,4,6-8,10,12,15,31H,3,5,9,11,13H2. The smallest absolute Gasteiger partial charge is 0.392 e. The lowest BCUT2D eigenvalue weighted by atomic mass is 9.96. The van der Waals surface area contributed by atoms with Crippen LogP contribution in [0.5, 0.6) is 0 Å². The first-order valence-corrected chi connectivity index (χ1v) is 10.1. The zero-order valence-corrected chi connectivity index (χ0v) is 16.5. The zero-order valence-electron chi connectivity index (χ0n) is 16.5. The monoisotopic (exact) mass is 427 g/mol. The van der Waals surface area contributed by atoms with Crippen molar-refractivity contribution in [3.63, 3.8) is 0 Å². The Morgan fingerprint density at radius 1 is 1.10 bits per heavy atom. The first kappa shape index (κ1) is 19.7. The van der Waals surface area contributed by atoms with Gasteiger partial charge in [-0.15, -0.1) is 10.2 Å². The Bertz CT molecular complexity index is 1250. The fourth-order valence-corrected chi connectivity index (χ4v) is 4.27. The molecule has 160 valence electrons. The lowest BCUT2D eigenvalue weighted by molar-refractivity contribution is -0.137. The Balaban J connectivity index is 1.51. The molecular formula is C22H20F3N5O. The molecule has 1 aliphatic rings. The molecule has 1 fully saturated rings. The lowest BCUT2D eigenvalue weighted by Crippen LogP contribution is -2.36. The molecule has 1 atom stereocenters. The third kappa shape index (κ3) is 3.59. The normalized spacial score (nSPS) is 17.5. The van der Waals surface area contributed by atoms with Gasteiger partial charge in [-0.3, -0.25) is 4.40 Å².